The van der Waals surface area contributed by atoms with Gasteiger partial charge in [0.05, 0.1) is 7.11 Å². The summed E-state index contributed by atoms with van der Waals surface area (Å²) in [5.41, 5.74) is 1.37. The second-order valence-corrected chi connectivity index (χ2v) is 10.7. The Labute approximate surface area is 197 Å². The van der Waals surface area contributed by atoms with Crippen LogP contribution in [0.3, 0.4) is 0 Å². The Morgan fingerprint density at radius 1 is 1.24 bits per heavy atom. The molecule has 2 saturated heterocycles. The summed E-state index contributed by atoms with van der Waals surface area (Å²) in [6.45, 7) is 10.9. The summed E-state index contributed by atoms with van der Waals surface area (Å²) >= 11 is 0. The van der Waals surface area contributed by atoms with Crippen molar-refractivity contribution in [3.63, 3.8) is 0 Å². The van der Waals surface area contributed by atoms with Crippen LogP contribution in [0, 0.1) is 17.3 Å². The molecule has 1 unspecified atom stereocenters. The molecule has 8 heteroatoms. The van der Waals surface area contributed by atoms with Gasteiger partial charge in [0.25, 0.3) is 0 Å². The lowest BCUT2D eigenvalue weighted by Crippen LogP contribution is -2.50. The molecule has 0 aromatic heterocycles. The second kappa shape index (κ2) is 9.12. The van der Waals surface area contributed by atoms with Crippen LogP contribution in [0.1, 0.15) is 75.7 Å². The first-order chi connectivity index (χ1) is 15.6. The van der Waals surface area contributed by atoms with Gasteiger partial charge in [0.2, 0.25) is 5.79 Å². The fraction of sp³-hybridized carbons (Fsp3) is 0.720. The lowest BCUT2D eigenvalue weighted by Gasteiger charge is -2.54. The van der Waals surface area contributed by atoms with E-state index >= 15 is 0 Å². The van der Waals surface area contributed by atoms with E-state index in [1.54, 1.807) is 19.9 Å². The van der Waals surface area contributed by atoms with Crippen molar-refractivity contribution >= 4 is 13.1 Å². The largest absolute Gasteiger partial charge is 0.496 e. The highest BCUT2D eigenvalue weighted by molar-refractivity contribution is 6.44. The van der Waals surface area contributed by atoms with Gasteiger partial charge in [-0.3, -0.25) is 0 Å². The van der Waals surface area contributed by atoms with Crippen molar-refractivity contribution in [1.29, 1.82) is 0 Å². The Bertz CT molecular complexity index is 884. The van der Waals surface area contributed by atoms with E-state index in [1.165, 1.54) is 13.5 Å². The van der Waals surface area contributed by atoms with Crippen LogP contribution < -0.4 is 9.47 Å². The molecule has 33 heavy (non-hydrogen) atoms. The van der Waals surface area contributed by atoms with Crippen molar-refractivity contribution in [2.45, 2.75) is 78.0 Å². The third kappa shape index (κ3) is 4.62. The fourth-order valence-corrected chi connectivity index (χ4v) is 5.89. The number of hydrogen-bond donors (Lipinski definition) is 1. The molecule has 182 valence electrons. The van der Waals surface area contributed by atoms with Crippen molar-refractivity contribution in [3.05, 3.63) is 23.3 Å². The number of esters is 1. The third-order valence-electron chi connectivity index (χ3n) is 7.90. The number of methoxy groups -OCH3 is 1. The molecule has 0 spiro atoms. The van der Waals surface area contributed by atoms with E-state index in [-0.39, 0.29) is 29.6 Å². The average Bonchev–Trinajstić information content (AvgIpc) is 2.83. The molecule has 4 aliphatic rings. The van der Waals surface area contributed by atoms with Crippen molar-refractivity contribution < 1.29 is 33.4 Å². The number of cyclic esters (lactones) is 1. The Kier molecular flexibility index (Phi) is 6.73. The van der Waals surface area contributed by atoms with E-state index < -0.39 is 18.9 Å². The lowest BCUT2D eigenvalue weighted by molar-refractivity contribution is -0.128. The third-order valence-corrected chi connectivity index (χ3v) is 7.90. The normalized spacial score (nSPS) is 28.8. The van der Waals surface area contributed by atoms with Gasteiger partial charge < -0.3 is 28.6 Å². The summed E-state index contributed by atoms with van der Waals surface area (Å²) in [6, 6.07) is 3.66. The first kappa shape index (κ1) is 24.4. The SMILES string of the molecule is COc1ccc(C(CCO)CB2OCC[C@H]3C[C@@H]([C@H](C)O2)C3(C)C)c2c1C(=O)OC(C)(C)O2. The smallest absolute Gasteiger partial charge is 0.457 e. The van der Waals surface area contributed by atoms with Gasteiger partial charge in [-0.25, -0.2) is 4.79 Å². The molecule has 0 amide bonds. The van der Waals surface area contributed by atoms with Crippen molar-refractivity contribution in [2.75, 3.05) is 20.3 Å². The summed E-state index contributed by atoms with van der Waals surface area (Å²) < 4.78 is 29.6. The van der Waals surface area contributed by atoms with Crippen molar-refractivity contribution in [3.8, 4) is 11.5 Å². The van der Waals surface area contributed by atoms with Gasteiger partial charge in [-0.05, 0) is 67.3 Å². The zero-order chi connectivity index (χ0) is 24.0. The average molecular weight is 460 g/mol. The van der Waals surface area contributed by atoms with Crippen LogP contribution in [0.25, 0.3) is 0 Å². The zero-order valence-corrected chi connectivity index (χ0v) is 20.7. The number of carbonyl (C=O) groups excluding carboxylic acids is 1. The molecular formula is C25H37BO7. The summed E-state index contributed by atoms with van der Waals surface area (Å²) in [7, 11) is 1.12. The molecule has 7 nitrogen and oxygen atoms in total. The maximum Gasteiger partial charge on any atom is 0.457 e. The zero-order valence-electron chi connectivity index (χ0n) is 20.7. The topological polar surface area (TPSA) is 83.5 Å². The Morgan fingerprint density at radius 2 is 2.00 bits per heavy atom. The number of carbonyl (C=O) groups is 1. The molecule has 3 aliphatic heterocycles. The molecule has 1 aliphatic carbocycles. The van der Waals surface area contributed by atoms with E-state index in [2.05, 4.69) is 20.8 Å². The number of rotatable bonds is 6. The number of aliphatic hydroxyl groups excluding tert-OH is 1. The van der Waals surface area contributed by atoms with Crippen LogP contribution in [-0.2, 0) is 14.0 Å². The Balaban J connectivity index is 1.63. The van der Waals surface area contributed by atoms with Gasteiger partial charge >= 0.3 is 13.1 Å². The molecule has 5 rings (SSSR count). The molecule has 1 N–H and O–H groups in total. The van der Waals surface area contributed by atoms with Gasteiger partial charge in [0.1, 0.15) is 17.1 Å². The summed E-state index contributed by atoms with van der Waals surface area (Å²) in [6.07, 6.45) is 3.35. The lowest BCUT2D eigenvalue weighted by atomic mass is 9.52. The summed E-state index contributed by atoms with van der Waals surface area (Å²) in [4.78, 5) is 12.8. The molecule has 4 atom stereocenters. The maximum absolute atomic E-state index is 12.8. The first-order valence-corrected chi connectivity index (χ1v) is 12.1. The highest BCUT2D eigenvalue weighted by Crippen LogP contribution is 2.55. The van der Waals surface area contributed by atoms with Crippen LogP contribution in [0.2, 0.25) is 6.32 Å². The highest BCUT2D eigenvalue weighted by Gasteiger charge is 2.51. The van der Waals surface area contributed by atoms with Crippen LogP contribution in [0.5, 0.6) is 11.5 Å². The van der Waals surface area contributed by atoms with Gasteiger partial charge in [0.15, 0.2) is 0 Å². The molecule has 3 heterocycles. The fourth-order valence-electron chi connectivity index (χ4n) is 5.89. The first-order valence-electron chi connectivity index (χ1n) is 12.1. The van der Waals surface area contributed by atoms with E-state index in [4.69, 9.17) is 23.5 Å². The number of ether oxygens (including phenoxy) is 3. The number of hydrogen-bond acceptors (Lipinski definition) is 7. The van der Waals surface area contributed by atoms with Crippen molar-refractivity contribution in [1.82, 2.24) is 0 Å². The number of aliphatic hydroxyl groups is 1. The van der Waals surface area contributed by atoms with Crippen LogP contribution >= 0.6 is 0 Å². The Morgan fingerprint density at radius 3 is 2.67 bits per heavy atom. The minimum absolute atomic E-state index is 0.000682. The van der Waals surface area contributed by atoms with E-state index in [0.717, 1.165) is 12.0 Å². The van der Waals surface area contributed by atoms with Gasteiger partial charge in [-0.15, -0.1) is 0 Å². The monoisotopic (exact) mass is 460 g/mol. The molecule has 1 saturated carbocycles. The van der Waals surface area contributed by atoms with E-state index in [1.807, 2.05) is 6.07 Å². The molecule has 2 bridgehead atoms. The molecular weight excluding hydrogens is 423 g/mol. The van der Waals surface area contributed by atoms with E-state index in [0.29, 0.717) is 42.7 Å². The number of benzene rings is 1. The predicted octanol–water partition coefficient (Wildman–Crippen LogP) is 4.42. The van der Waals surface area contributed by atoms with Crippen molar-refractivity contribution in [2.24, 2.45) is 17.3 Å². The molecule has 0 radical (unpaired) electrons. The Hall–Kier alpha value is -1.77. The standard InChI is InChI=1S/C25H37BO7/c1-15-19-13-17(24(19,2)3)10-12-30-26(33-15)14-16(9-11-27)18-7-8-20(29-6)21-22(18)31-25(4,5)32-23(21)28/h7-8,15-17,19,27H,9-14H2,1-6H3/t15-,16?,17-,19-/m0/s1. The molecule has 1 aromatic rings. The highest BCUT2D eigenvalue weighted by atomic mass is 16.7. The van der Waals surface area contributed by atoms with Crippen LogP contribution in [-0.4, -0.2) is 50.4 Å². The summed E-state index contributed by atoms with van der Waals surface area (Å²) in [5.74, 6) is 0.328. The minimum Gasteiger partial charge on any atom is -0.496 e. The maximum atomic E-state index is 12.8. The summed E-state index contributed by atoms with van der Waals surface area (Å²) in [5, 5.41) is 9.86. The van der Waals surface area contributed by atoms with Crippen LogP contribution in [0.15, 0.2) is 12.1 Å². The minimum atomic E-state index is -1.10. The second-order valence-electron chi connectivity index (χ2n) is 10.7. The van der Waals surface area contributed by atoms with Gasteiger partial charge in [-0.1, -0.05) is 19.9 Å². The van der Waals surface area contributed by atoms with E-state index in [9.17, 15) is 9.90 Å². The molecule has 3 fully saturated rings. The van der Waals surface area contributed by atoms with Gasteiger partial charge in [-0.2, -0.15) is 0 Å². The molecule has 1 aromatic carbocycles. The quantitative estimate of drug-likeness (QED) is 0.497. The van der Waals surface area contributed by atoms with Gasteiger partial charge in [0, 0.05) is 33.2 Å². The predicted molar refractivity (Wildman–Crippen MR) is 125 cm³/mol. The number of fused-ring (bicyclic) bond motifs is 6. The van der Waals surface area contributed by atoms with Crippen LogP contribution in [0.4, 0.5) is 0 Å².